The van der Waals surface area contributed by atoms with E-state index in [0.717, 1.165) is 40.7 Å². The molecule has 0 unspecified atom stereocenters. The summed E-state index contributed by atoms with van der Waals surface area (Å²) in [6.07, 6.45) is 5.05. The summed E-state index contributed by atoms with van der Waals surface area (Å²) in [6, 6.07) is 7.68. The molecule has 2 N–H and O–H groups in total. The lowest BCUT2D eigenvalue weighted by Gasteiger charge is -2.09. The predicted octanol–water partition coefficient (Wildman–Crippen LogP) is 3.74. The number of nitrogens with one attached hydrogen (secondary N) is 2. The molecule has 0 saturated carbocycles. The van der Waals surface area contributed by atoms with Crippen molar-refractivity contribution in [2.75, 3.05) is 5.32 Å². The molecule has 0 radical (unpaired) electrons. The predicted molar refractivity (Wildman–Crippen MR) is 105 cm³/mol. The molecule has 1 aliphatic rings. The van der Waals surface area contributed by atoms with Crippen molar-refractivity contribution >= 4 is 33.1 Å². The number of para-hydroxylation sites is 1. The molecular weight excluding hydrogens is 346 g/mol. The van der Waals surface area contributed by atoms with Crippen LogP contribution in [0.1, 0.15) is 41.1 Å². The molecule has 0 saturated heterocycles. The van der Waals surface area contributed by atoms with Crippen LogP contribution in [0, 0.1) is 6.92 Å². The van der Waals surface area contributed by atoms with Crippen LogP contribution in [0.2, 0.25) is 0 Å². The van der Waals surface area contributed by atoms with E-state index in [1.54, 1.807) is 11.3 Å². The van der Waals surface area contributed by atoms with Gasteiger partial charge in [-0.25, -0.2) is 4.98 Å². The Hall–Kier alpha value is -2.47. The first-order valence-corrected chi connectivity index (χ1v) is 9.82. The minimum atomic E-state index is -0.0764. The third-order valence-electron chi connectivity index (χ3n) is 4.88. The van der Waals surface area contributed by atoms with Crippen LogP contribution in [0.15, 0.2) is 29.1 Å². The van der Waals surface area contributed by atoms with Crippen LogP contribution in [0.5, 0.6) is 0 Å². The van der Waals surface area contributed by atoms with E-state index in [1.165, 1.54) is 16.9 Å². The molecule has 6 heteroatoms. The molecule has 1 aromatic carbocycles. The Morgan fingerprint density at radius 2 is 2.08 bits per heavy atom. The van der Waals surface area contributed by atoms with Crippen LogP contribution < -0.4 is 10.9 Å². The molecule has 0 bridgehead atoms. The van der Waals surface area contributed by atoms with Gasteiger partial charge in [-0.1, -0.05) is 18.2 Å². The Balaban J connectivity index is 1.50. The highest BCUT2D eigenvalue weighted by molar-refractivity contribution is 7.18. The Labute approximate surface area is 155 Å². The van der Waals surface area contributed by atoms with Crippen LogP contribution >= 0.6 is 11.3 Å². The van der Waals surface area contributed by atoms with E-state index in [9.17, 15) is 9.59 Å². The van der Waals surface area contributed by atoms with Crippen LogP contribution in [-0.4, -0.2) is 15.9 Å². The number of carbonyl (C=O) groups is 1. The number of amides is 1. The van der Waals surface area contributed by atoms with Crippen molar-refractivity contribution < 1.29 is 4.79 Å². The zero-order chi connectivity index (χ0) is 18.1. The number of hydrogen-bond donors (Lipinski definition) is 2. The van der Waals surface area contributed by atoms with Crippen molar-refractivity contribution in [2.24, 2.45) is 0 Å². The number of carbonyl (C=O) groups excluding carboxylic acids is 1. The number of aryl methyl sites for hydroxylation is 4. The highest BCUT2D eigenvalue weighted by Gasteiger charge is 2.19. The average Bonchev–Trinajstić information content (AvgIpc) is 3.01. The largest absolute Gasteiger partial charge is 0.326 e. The quantitative estimate of drug-likeness (QED) is 0.737. The molecule has 26 heavy (non-hydrogen) atoms. The van der Waals surface area contributed by atoms with Gasteiger partial charge in [0.1, 0.15) is 10.7 Å². The summed E-state index contributed by atoms with van der Waals surface area (Å²) in [5, 5.41) is 3.68. The third-order valence-corrected chi connectivity index (χ3v) is 6.07. The van der Waals surface area contributed by atoms with Gasteiger partial charge in [0.2, 0.25) is 5.91 Å². The summed E-state index contributed by atoms with van der Waals surface area (Å²) in [7, 11) is 0. The Morgan fingerprint density at radius 3 is 2.92 bits per heavy atom. The molecule has 2 aromatic heterocycles. The summed E-state index contributed by atoms with van der Waals surface area (Å²) in [4.78, 5) is 34.4. The molecule has 1 aliphatic carbocycles. The van der Waals surface area contributed by atoms with E-state index in [1.807, 2.05) is 31.2 Å². The van der Waals surface area contributed by atoms with Gasteiger partial charge < -0.3 is 10.3 Å². The Bertz CT molecular complexity index is 1040. The number of rotatable bonds is 4. The SMILES string of the molecule is Cc1ccccc1NC(=O)CCc1nc2sc3c(c2c(=O)[nH]1)CCCC3. The highest BCUT2D eigenvalue weighted by atomic mass is 32.1. The maximum Gasteiger partial charge on any atom is 0.259 e. The lowest BCUT2D eigenvalue weighted by atomic mass is 9.97. The second kappa shape index (κ2) is 7.03. The van der Waals surface area contributed by atoms with Crippen LogP contribution in [0.25, 0.3) is 10.2 Å². The van der Waals surface area contributed by atoms with Gasteiger partial charge in [-0.2, -0.15) is 0 Å². The van der Waals surface area contributed by atoms with Crippen molar-refractivity contribution in [1.82, 2.24) is 9.97 Å². The zero-order valence-corrected chi connectivity index (χ0v) is 15.5. The highest BCUT2D eigenvalue weighted by Crippen LogP contribution is 2.33. The molecule has 1 amide bonds. The Kier molecular flexibility index (Phi) is 4.59. The fourth-order valence-electron chi connectivity index (χ4n) is 3.48. The first-order valence-electron chi connectivity index (χ1n) is 9.01. The van der Waals surface area contributed by atoms with Gasteiger partial charge in [-0.15, -0.1) is 11.3 Å². The number of thiophene rings is 1. The van der Waals surface area contributed by atoms with Crippen LogP contribution in [0.4, 0.5) is 5.69 Å². The maximum absolute atomic E-state index is 12.5. The summed E-state index contributed by atoms with van der Waals surface area (Å²) in [5.74, 6) is 0.508. The fraction of sp³-hybridized carbons (Fsp3) is 0.350. The first kappa shape index (κ1) is 17.0. The Morgan fingerprint density at radius 1 is 1.27 bits per heavy atom. The lowest BCUT2D eigenvalue weighted by molar-refractivity contribution is -0.116. The van der Waals surface area contributed by atoms with Crippen molar-refractivity contribution in [1.29, 1.82) is 0 Å². The minimum Gasteiger partial charge on any atom is -0.326 e. The summed E-state index contributed by atoms with van der Waals surface area (Å²) in [6.45, 7) is 1.96. The van der Waals surface area contributed by atoms with E-state index in [-0.39, 0.29) is 17.9 Å². The van der Waals surface area contributed by atoms with E-state index < -0.39 is 0 Å². The smallest absolute Gasteiger partial charge is 0.259 e. The van der Waals surface area contributed by atoms with Gasteiger partial charge in [0.15, 0.2) is 0 Å². The third kappa shape index (κ3) is 3.29. The molecule has 0 atom stereocenters. The summed E-state index contributed by atoms with van der Waals surface area (Å²) >= 11 is 1.64. The van der Waals surface area contributed by atoms with Gasteiger partial charge in [-0.05, 0) is 49.8 Å². The van der Waals surface area contributed by atoms with Gasteiger partial charge in [0.05, 0.1) is 5.39 Å². The van der Waals surface area contributed by atoms with E-state index in [0.29, 0.717) is 12.2 Å². The number of fused-ring (bicyclic) bond motifs is 3. The minimum absolute atomic E-state index is 0.0660. The number of anilines is 1. The lowest BCUT2D eigenvalue weighted by Crippen LogP contribution is -2.16. The summed E-state index contributed by atoms with van der Waals surface area (Å²) in [5.41, 5.74) is 2.97. The van der Waals surface area contributed by atoms with Crippen molar-refractivity contribution in [3.63, 3.8) is 0 Å². The molecule has 4 rings (SSSR count). The van der Waals surface area contributed by atoms with Gasteiger partial charge >= 0.3 is 0 Å². The number of H-pyrrole nitrogens is 1. The molecular formula is C20H21N3O2S. The molecule has 134 valence electrons. The fourth-order valence-corrected chi connectivity index (χ4v) is 4.77. The molecule has 0 fully saturated rings. The van der Waals surface area contributed by atoms with Crippen molar-refractivity contribution in [2.45, 2.75) is 45.4 Å². The topological polar surface area (TPSA) is 74.8 Å². The standard InChI is InChI=1S/C20H21N3O2S/c1-12-6-2-4-8-14(12)21-17(24)11-10-16-22-19(25)18-13-7-3-5-9-15(13)26-20(18)23-16/h2,4,6,8H,3,5,7,9-11H2,1H3,(H,21,24)(H,22,23,25). The van der Waals surface area contributed by atoms with Gasteiger partial charge in [-0.3, -0.25) is 9.59 Å². The molecule has 3 aromatic rings. The second-order valence-corrected chi connectivity index (χ2v) is 7.85. The number of hydrogen-bond acceptors (Lipinski definition) is 4. The molecule has 0 spiro atoms. The number of aromatic amines is 1. The molecule has 0 aliphatic heterocycles. The van der Waals surface area contributed by atoms with Crippen LogP contribution in [0.3, 0.4) is 0 Å². The van der Waals surface area contributed by atoms with E-state index in [4.69, 9.17) is 0 Å². The van der Waals surface area contributed by atoms with Gasteiger partial charge in [0.25, 0.3) is 5.56 Å². The van der Waals surface area contributed by atoms with Crippen molar-refractivity contribution in [3.8, 4) is 0 Å². The average molecular weight is 367 g/mol. The maximum atomic E-state index is 12.5. The monoisotopic (exact) mass is 367 g/mol. The number of aromatic nitrogens is 2. The normalized spacial score (nSPS) is 13.6. The number of nitrogens with zero attached hydrogens (tertiary/aromatic N) is 1. The molecule has 2 heterocycles. The van der Waals surface area contributed by atoms with E-state index >= 15 is 0 Å². The zero-order valence-electron chi connectivity index (χ0n) is 14.7. The van der Waals surface area contributed by atoms with Crippen molar-refractivity contribution in [3.05, 3.63) is 56.4 Å². The van der Waals surface area contributed by atoms with Crippen LogP contribution in [-0.2, 0) is 24.1 Å². The molecule has 5 nitrogen and oxygen atoms in total. The summed E-state index contributed by atoms with van der Waals surface area (Å²) < 4.78 is 0. The first-order chi connectivity index (χ1) is 12.6. The van der Waals surface area contributed by atoms with Gasteiger partial charge in [0, 0.05) is 23.4 Å². The number of benzene rings is 1. The van der Waals surface area contributed by atoms with E-state index in [2.05, 4.69) is 15.3 Å². The second-order valence-electron chi connectivity index (χ2n) is 6.77.